The van der Waals surface area contributed by atoms with E-state index in [1.807, 2.05) is 0 Å². The summed E-state index contributed by atoms with van der Waals surface area (Å²) >= 11 is 0. The van der Waals surface area contributed by atoms with Gasteiger partial charge in [0.2, 0.25) is 12.2 Å². The molecule has 0 aliphatic carbocycles. The number of hydrogen-bond acceptors (Lipinski definition) is 4. The number of carbonyl (C=O) groups is 1. The van der Waals surface area contributed by atoms with E-state index < -0.39 is 35.4 Å². The number of nitrogens with zero attached hydrogens (tertiary/aromatic N) is 3. The fourth-order valence-electron chi connectivity index (χ4n) is 3.55. The average Bonchev–Trinajstić information content (AvgIpc) is 3.45. The Bertz CT molecular complexity index is 1390. The van der Waals surface area contributed by atoms with Crippen LogP contribution in [0.3, 0.4) is 0 Å². The summed E-state index contributed by atoms with van der Waals surface area (Å²) in [5.74, 6) is -0.384. The first-order valence-corrected chi connectivity index (χ1v) is 10.4. The largest absolute Gasteiger partial charge is 0.416 e. The summed E-state index contributed by atoms with van der Waals surface area (Å²) in [7, 11) is 0. The molecule has 7 nitrogen and oxygen atoms in total. The Morgan fingerprint density at radius 1 is 1.08 bits per heavy atom. The molecule has 0 aliphatic rings. The van der Waals surface area contributed by atoms with Crippen molar-refractivity contribution in [3.05, 3.63) is 82.9 Å². The number of rotatable bonds is 5. The summed E-state index contributed by atoms with van der Waals surface area (Å²) in [6.45, 7) is 2.95. The number of aromatic nitrogens is 4. The molecular formula is C23H18F6N5O2+. The molecule has 0 fully saturated rings. The topological polar surface area (TPSA) is 87.7 Å². The molecule has 188 valence electrons. The van der Waals surface area contributed by atoms with E-state index in [0.29, 0.717) is 17.5 Å². The molecular weight excluding hydrogens is 492 g/mol. The van der Waals surface area contributed by atoms with Crippen molar-refractivity contribution in [2.45, 2.75) is 32.2 Å². The summed E-state index contributed by atoms with van der Waals surface area (Å²) in [4.78, 5) is 16.7. The van der Waals surface area contributed by atoms with Crippen LogP contribution >= 0.6 is 0 Å². The number of benzene rings is 1. The van der Waals surface area contributed by atoms with Crippen LogP contribution in [0.1, 0.15) is 45.8 Å². The van der Waals surface area contributed by atoms with Crippen molar-refractivity contribution in [1.29, 1.82) is 0 Å². The first-order valence-electron chi connectivity index (χ1n) is 10.4. The van der Waals surface area contributed by atoms with Crippen LogP contribution in [-0.2, 0) is 12.4 Å². The highest BCUT2D eigenvalue weighted by Gasteiger charge is 2.40. The number of amides is 1. The van der Waals surface area contributed by atoms with Gasteiger partial charge in [-0.25, -0.2) is 0 Å². The first kappa shape index (κ1) is 24.9. The Kier molecular flexibility index (Phi) is 6.33. The number of alkyl halides is 6. The molecule has 1 atom stereocenters. The molecule has 0 radical (unpaired) electrons. The maximum absolute atomic E-state index is 13.6. The predicted octanol–water partition coefficient (Wildman–Crippen LogP) is 5.56. The molecule has 0 spiro atoms. The van der Waals surface area contributed by atoms with Crippen LogP contribution in [0, 0.1) is 6.92 Å². The molecule has 36 heavy (non-hydrogen) atoms. The molecule has 3 heterocycles. The van der Waals surface area contributed by atoms with E-state index in [1.165, 1.54) is 23.9 Å². The van der Waals surface area contributed by atoms with Gasteiger partial charge in [-0.3, -0.25) is 9.78 Å². The van der Waals surface area contributed by atoms with Gasteiger partial charge in [0.1, 0.15) is 11.4 Å². The minimum atomic E-state index is -5.01. The average molecular weight is 510 g/mol. The van der Waals surface area contributed by atoms with Crippen LogP contribution in [-0.4, -0.2) is 21.1 Å². The Morgan fingerprint density at radius 2 is 1.83 bits per heavy atom. The van der Waals surface area contributed by atoms with Crippen molar-refractivity contribution in [2.75, 3.05) is 5.32 Å². The van der Waals surface area contributed by atoms with Crippen molar-refractivity contribution in [3.63, 3.8) is 0 Å². The standard InChI is InChI=1S/C23H17F6N5O2/c1-12-19(31-21(35)18-10-20(36-33-18)17-5-3-4-8-30-17)11-34(32-12)13(2)15-7-6-14(22(24,25)26)9-16(15)23(27,28)29/h3-11,13H,1-2H3,(H,31,35)/p+1. The molecule has 1 aromatic carbocycles. The van der Waals surface area contributed by atoms with Crippen molar-refractivity contribution in [2.24, 2.45) is 0 Å². The normalized spacial score (nSPS) is 13.0. The summed E-state index contributed by atoms with van der Waals surface area (Å²) in [6.07, 6.45) is -7.05. The van der Waals surface area contributed by atoms with Gasteiger partial charge in [0.25, 0.3) is 5.91 Å². The molecule has 4 aromatic rings. The summed E-state index contributed by atoms with van der Waals surface area (Å²) < 4.78 is 86.2. The van der Waals surface area contributed by atoms with Gasteiger partial charge in [0.05, 0.1) is 16.8 Å². The number of halogens is 6. The fraction of sp³-hybridized carbons (Fsp3) is 0.217. The second kappa shape index (κ2) is 9.13. The number of nitrogens with one attached hydrogen (secondary N) is 2. The van der Waals surface area contributed by atoms with Crippen LogP contribution in [0.15, 0.2) is 59.4 Å². The zero-order valence-electron chi connectivity index (χ0n) is 18.7. The van der Waals surface area contributed by atoms with Gasteiger partial charge in [-0.15, -0.1) is 4.68 Å². The van der Waals surface area contributed by atoms with E-state index in [-0.39, 0.29) is 28.8 Å². The predicted molar refractivity (Wildman–Crippen MR) is 114 cm³/mol. The molecule has 0 bridgehead atoms. The van der Waals surface area contributed by atoms with Crippen molar-refractivity contribution >= 4 is 11.6 Å². The van der Waals surface area contributed by atoms with Crippen LogP contribution in [0.2, 0.25) is 0 Å². The van der Waals surface area contributed by atoms with E-state index in [1.54, 1.807) is 31.3 Å². The second-order valence-electron chi connectivity index (χ2n) is 7.91. The molecule has 1 unspecified atom stereocenters. The molecule has 2 N–H and O–H groups in total. The zero-order chi connectivity index (χ0) is 26.3. The van der Waals surface area contributed by atoms with E-state index >= 15 is 0 Å². The molecule has 0 saturated heterocycles. The van der Waals surface area contributed by atoms with Gasteiger partial charge in [-0.2, -0.15) is 31.4 Å². The summed E-state index contributed by atoms with van der Waals surface area (Å²) in [5, 5.41) is 9.11. The van der Waals surface area contributed by atoms with Gasteiger partial charge in [-0.1, -0.05) is 17.3 Å². The number of H-pyrrole nitrogens is 1. The Morgan fingerprint density at radius 3 is 2.47 bits per heavy atom. The van der Waals surface area contributed by atoms with Gasteiger partial charge >= 0.3 is 12.4 Å². The highest BCUT2D eigenvalue weighted by molar-refractivity contribution is 6.03. The number of anilines is 1. The summed E-state index contributed by atoms with van der Waals surface area (Å²) in [5.41, 5.74) is -2.15. The monoisotopic (exact) mass is 510 g/mol. The molecule has 1 amide bonds. The molecule has 4 rings (SSSR count). The Hall–Kier alpha value is -4.16. The number of hydrogen-bond donors (Lipinski definition) is 2. The van der Waals surface area contributed by atoms with E-state index in [0.717, 1.165) is 6.07 Å². The van der Waals surface area contributed by atoms with Crippen molar-refractivity contribution in [3.8, 4) is 11.5 Å². The fourth-order valence-corrected chi connectivity index (χ4v) is 3.55. The minimum Gasteiger partial charge on any atom is -0.354 e. The van der Waals surface area contributed by atoms with Crippen molar-refractivity contribution < 1.29 is 40.3 Å². The molecule has 0 saturated carbocycles. The van der Waals surface area contributed by atoms with Gasteiger partial charge in [-0.05, 0) is 31.2 Å². The Labute approximate surface area is 199 Å². The van der Waals surface area contributed by atoms with Gasteiger partial charge < -0.3 is 9.84 Å². The van der Waals surface area contributed by atoms with Gasteiger partial charge in [0, 0.05) is 24.8 Å². The quantitative estimate of drug-likeness (QED) is 0.272. The van der Waals surface area contributed by atoms with E-state index in [2.05, 4.69) is 20.6 Å². The molecule has 3 aromatic heterocycles. The lowest BCUT2D eigenvalue weighted by molar-refractivity contribution is -0.762. The van der Waals surface area contributed by atoms with Crippen LogP contribution < -0.4 is 10.00 Å². The first-order chi connectivity index (χ1) is 16.8. The van der Waals surface area contributed by atoms with Crippen LogP contribution in [0.25, 0.3) is 11.5 Å². The second-order valence-corrected chi connectivity index (χ2v) is 7.91. The van der Waals surface area contributed by atoms with E-state index in [9.17, 15) is 31.1 Å². The third-order valence-corrected chi connectivity index (χ3v) is 5.43. The van der Waals surface area contributed by atoms with Crippen LogP contribution in [0.4, 0.5) is 32.0 Å². The van der Waals surface area contributed by atoms with E-state index in [4.69, 9.17) is 4.52 Å². The van der Waals surface area contributed by atoms with Gasteiger partial charge in [0.15, 0.2) is 11.5 Å². The molecule has 0 aliphatic heterocycles. The third-order valence-electron chi connectivity index (χ3n) is 5.43. The number of pyridine rings is 1. The number of aromatic amines is 1. The number of carbonyl (C=O) groups excluding carboxylic acids is 1. The maximum atomic E-state index is 13.6. The van der Waals surface area contributed by atoms with Crippen molar-refractivity contribution in [1.82, 2.24) is 15.2 Å². The SMILES string of the molecule is Cc1[nH][n+](C(C)c2ccc(C(F)(F)F)cc2C(F)(F)F)cc1NC(=O)c1cc(-c2ccccn2)on1. The maximum Gasteiger partial charge on any atom is 0.416 e. The molecule has 13 heteroatoms. The smallest absolute Gasteiger partial charge is 0.354 e. The summed E-state index contributed by atoms with van der Waals surface area (Å²) in [6, 6.07) is 6.93. The number of aryl methyl sites for hydroxylation is 1. The lowest BCUT2D eigenvalue weighted by Gasteiger charge is -2.16. The zero-order valence-corrected chi connectivity index (χ0v) is 18.7. The lowest BCUT2D eigenvalue weighted by Crippen LogP contribution is -2.40. The minimum absolute atomic E-state index is 0.0575. The third kappa shape index (κ3) is 5.09. The lowest BCUT2D eigenvalue weighted by atomic mass is 9.98. The highest BCUT2D eigenvalue weighted by Crippen LogP contribution is 2.39. The highest BCUT2D eigenvalue weighted by atomic mass is 19.4. The van der Waals surface area contributed by atoms with Crippen LogP contribution in [0.5, 0.6) is 0 Å². The Balaban J connectivity index is 1.59.